The quantitative estimate of drug-likeness (QED) is 0.759. The molecule has 2 fully saturated rings. The summed E-state index contributed by atoms with van der Waals surface area (Å²) >= 11 is 0. The molecule has 0 aliphatic carbocycles. The number of halogens is 2. The monoisotopic (exact) mass is 393 g/mol. The molecule has 0 atom stereocenters. The van der Waals surface area contributed by atoms with Crippen LogP contribution in [0, 0.1) is 0 Å². The Morgan fingerprint density at radius 1 is 1.07 bits per heavy atom. The van der Waals surface area contributed by atoms with Crippen LogP contribution in [0.15, 0.2) is 18.5 Å². The van der Waals surface area contributed by atoms with E-state index in [-0.39, 0.29) is 5.69 Å². The lowest BCUT2D eigenvalue weighted by Gasteiger charge is -2.35. The molecule has 2 aromatic rings. The number of hydrogen-bond acceptors (Lipinski definition) is 7. The van der Waals surface area contributed by atoms with Crippen LogP contribution in [0.25, 0.3) is 0 Å². The summed E-state index contributed by atoms with van der Waals surface area (Å²) in [5.41, 5.74) is 0.475. The molecule has 2 aromatic heterocycles. The van der Waals surface area contributed by atoms with Crippen LogP contribution in [-0.4, -0.2) is 77.1 Å². The molecular weight excluding hydrogens is 368 g/mol. The minimum atomic E-state index is -2.55. The first kappa shape index (κ1) is 19.0. The topological polar surface area (TPSA) is 62.5 Å². The van der Waals surface area contributed by atoms with Crippen molar-refractivity contribution >= 4 is 11.8 Å². The van der Waals surface area contributed by atoms with Crippen LogP contribution < -0.4 is 9.80 Å². The first-order valence-corrected chi connectivity index (χ1v) is 9.54. The zero-order valence-corrected chi connectivity index (χ0v) is 16.0. The summed E-state index contributed by atoms with van der Waals surface area (Å²) < 4.78 is 33.1. The molecule has 152 valence electrons. The van der Waals surface area contributed by atoms with E-state index in [9.17, 15) is 8.78 Å². The minimum Gasteiger partial charge on any atom is -0.378 e. The molecule has 0 unspecified atom stereocenters. The average molecular weight is 393 g/mol. The van der Waals surface area contributed by atoms with Crippen molar-refractivity contribution in [2.75, 3.05) is 62.3 Å². The Kier molecular flexibility index (Phi) is 5.67. The highest BCUT2D eigenvalue weighted by molar-refractivity contribution is 5.44. The van der Waals surface area contributed by atoms with Gasteiger partial charge in [0, 0.05) is 70.8 Å². The first-order chi connectivity index (χ1) is 13.6. The molecule has 8 nitrogen and oxygen atoms in total. The maximum absolute atomic E-state index is 13.1. The summed E-state index contributed by atoms with van der Waals surface area (Å²) in [5, 5.41) is 3.89. The number of piperazine rings is 1. The zero-order chi connectivity index (χ0) is 19.5. The van der Waals surface area contributed by atoms with Crippen molar-refractivity contribution in [3.8, 4) is 0 Å². The van der Waals surface area contributed by atoms with Gasteiger partial charge >= 0.3 is 0 Å². The van der Waals surface area contributed by atoms with Crippen molar-refractivity contribution in [2.24, 2.45) is 7.05 Å². The number of hydrogen-bond donors (Lipinski definition) is 0. The minimum absolute atomic E-state index is 0.119. The maximum atomic E-state index is 13.1. The molecule has 4 heterocycles. The van der Waals surface area contributed by atoms with E-state index in [1.807, 2.05) is 6.07 Å². The third-order valence-corrected chi connectivity index (χ3v) is 5.16. The van der Waals surface area contributed by atoms with Gasteiger partial charge in [0.15, 0.2) is 0 Å². The highest BCUT2D eigenvalue weighted by Gasteiger charge is 2.24. The zero-order valence-electron chi connectivity index (χ0n) is 16.0. The lowest BCUT2D eigenvalue weighted by Crippen LogP contribution is -2.46. The molecule has 0 bridgehead atoms. The van der Waals surface area contributed by atoms with Crippen LogP contribution in [0.2, 0.25) is 0 Å². The number of aryl methyl sites for hydroxylation is 1. The number of ether oxygens (including phenoxy) is 1. The van der Waals surface area contributed by atoms with Gasteiger partial charge in [-0.05, 0) is 6.07 Å². The van der Waals surface area contributed by atoms with E-state index in [4.69, 9.17) is 9.72 Å². The van der Waals surface area contributed by atoms with Crippen LogP contribution in [-0.2, 0) is 18.3 Å². The molecule has 28 heavy (non-hydrogen) atoms. The van der Waals surface area contributed by atoms with Crippen LogP contribution >= 0.6 is 0 Å². The second-order valence-electron chi connectivity index (χ2n) is 7.09. The van der Waals surface area contributed by atoms with Crippen LogP contribution in [0.5, 0.6) is 0 Å². The predicted molar refractivity (Wildman–Crippen MR) is 101 cm³/mol. The summed E-state index contributed by atoms with van der Waals surface area (Å²) in [6.45, 7) is 6.64. The number of nitrogens with zero attached hydrogens (tertiary/aromatic N) is 7. The number of morpholine rings is 1. The third-order valence-electron chi connectivity index (χ3n) is 5.16. The maximum Gasteiger partial charge on any atom is 0.282 e. The van der Waals surface area contributed by atoms with E-state index in [2.05, 4.69) is 24.8 Å². The average Bonchev–Trinajstić information content (AvgIpc) is 3.10. The number of anilines is 2. The summed E-state index contributed by atoms with van der Waals surface area (Å²) in [4.78, 5) is 15.7. The fourth-order valence-corrected chi connectivity index (χ4v) is 3.67. The normalized spacial score (nSPS) is 18.9. The van der Waals surface area contributed by atoms with E-state index < -0.39 is 6.43 Å². The van der Waals surface area contributed by atoms with Crippen LogP contribution in [0.1, 0.15) is 17.7 Å². The fourth-order valence-electron chi connectivity index (χ4n) is 3.67. The van der Waals surface area contributed by atoms with Gasteiger partial charge in [-0.15, -0.1) is 0 Å². The second-order valence-corrected chi connectivity index (χ2v) is 7.09. The Morgan fingerprint density at radius 3 is 2.54 bits per heavy atom. The summed E-state index contributed by atoms with van der Waals surface area (Å²) in [6.07, 6.45) is 0.932. The van der Waals surface area contributed by atoms with Gasteiger partial charge in [-0.1, -0.05) is 0 Å². The van der Waals surface area contributed by atoms with Crippen molar-refractivity contribution in [1.82, 2.24) is 24.6 Å². The largest absolute Gasteiger partial charge is 0.378 e. The van der Waals surface area contributed by atoms with Gasteiger partial charge in [-0.3, -0.25) is 9.58 Å². The summed E-state index contributed by atoms with van der Waals surface area (Å²) in [5.74, 6) is 1.64. The SMILES string of the molecule is Cn1cc(CN2CCN(c3nccc(N4CCOCC4)n3)CC2)c(C(F)F)n1. The molecule has 10 heteroatoms. The lowest BCUT2D eigenvalue weighted by atomic mass is 10.2. The van der Waals surface area contributed by atoms with Gasteiger partial charge in [-0.25, -0.2) is 13.8 Å². The predicted octanol–water partition coefficient (Wildman–Crippen LogP) is 1.31. The van der Waals surface area contributed by atoms with E-state index in [0.29, 0.717) is 25.3 Å². The number of aromatic nitrogens is 4. The Bertz CT molecular complexity index is 786. The molecule has 0 spiro atoms. The Hall–Kier alpha value is -2.33. The second kappa shape index (κ2) is 8.36. The van der Waals surface area contributed by atoms with E-state index in [1.165, 1.54) is 4.68 Å². The molecule has 0 amide bonds. The molecule has 0 N–H and O–H groups in total. The van der Waals surface area contributed by atoms with E-state index in [1.54, 1.807) is 19.4 Å². The van der Waals surface area contributed by atoms with Crippen molar-refractivity contribution in [2.45, 2.75) is 13.0 Å². The number of alkyl halides is 2. The Balaban J connectivity index is 1.37. The van der Waals surface area contributed by atoms with Gasteiger partial charge < -0.3 is 14.5 Å². The van der Waals surface area contributed by atoms with Crippen molar-refractivity contribution in [3.63, 3.8) is 0 Å². The van der Waals surface area contributed by atoms with Gasteiger partial charge in [-0.2, -0.15) is 10.1 Å². The van der Waals surface area contributed by atoms with Crippen LogP contribution in [0.3, 0.4) is 0 Å². The third kappa shape index (κ3) is 4.22. The van der Waals surface area contributed by atoms with Gasteiger partial charge in [0.05, 0.1) is 13.2 Å². The Morgan fingerprint density at radius 2 is 1.82 bits per heavy atom. The molecule has 4 rings (SSSR count). The van der Waals surface area contributed by atoms with Crippen molar-refractivity contribution in [3.05, 3.63) is 29.7 Å². The lowest BCUT2D eigenvalue weighted by molar-refractivity contribution is 0.122. The molecule has 2 saturated heterocycles. The van der Waals surface area contributed by atoms with Crippen LogP contribution in [0.4, 0.5) is 20.5 Å². The standard InChI is InChI=1S/C18H25F2N7O/c1-24-12-14(16(23-24)17(19)20)13-25-4-6-27(7-5-25)18-21-3-2-15(22-18)26-8-10-28-11-9-26/h2-3,12,17H,4-11,13H2,1H3. The molecule has 0 aromatic carbocycles. The first-order valence-electron chi connectivity index (χ1n) is 9.54. The summed E-state index contributed by atoms with van der Waals surface area (Å²) in [7, 11) is 1.67. The van der Waals surface area contributed by atoms with Gasteiger partial charge in [0.2, 0.25) is 5.95 Å². The van der Waals surface area contributed by atoms with E-state index in [0.717, 1.165) is 51.0 Å². The molecule has 2 aliphatic rings. The van der Waals surface area contributed by atoms with Crippen molar-refractivity contribution < 1.29 is 13.5 Å². The molecule has 0 radical (unpaired) electrons. The number of rotatable bonds is 5. The van der Waals surface area contributed by atoms with Gasteiger partial charge in [0.1, 0.15) is 11.5 Å². The highest BCUT2D eigenvalue weighted by Crippen LogP contribution is 2.23. The fraction of sp³-hybridized carbons (Fsp3) is 0.611. The molecule has 2 aliphatic heterocycles. The summed E-state index contributed by atoms with van der Waals surface area (Å²) in [6, 6.07) is 1.93. The van der Waals surface area contributed by atoms with Crippen molar-refractivity contribution in [1.29, 1.82) is 0 Å². The smallest absolute Gasteiger partial charge is 0.282 e. The molecular formula is C18H25F2N7O. The molecule has 0 saturated carbocycles. The highest BCUT2D eigenvalue weighted by atomic mass is 19.3. The van der Waals surface area contributed by atoms with E-state index >= 15 is 0 Å². The Labute approximate surface area is 162 Å². The van der Waals surface area contributed by atoms with Gasteiger partial charge in [0.25, 0.3) is 6.43 Å².